The average molecular weight is 411 g/mol. The lowest BCUT2D eigenvalue weighted by Crippen LogP contribution is -2.32. The normalized spacial score (nSPS) is 20.1. The van der Waals surface area contributed by atoms with Crippen LogP contribution in [0.2, 0.25) is 0 Å². The molecule has 1 aliphatic heterocycles. The fourth-order valence-electron chi connectivity index (χ4n) is 2.69. The highest BCUT2D eigenvalue weighted by Gasteiger charge is 2.22. The zero-order valence-electron chi connectivity index (χ0n) is 17.1. The van der Waals surface area contributed by atoms with Gasteiger partial charge in [-0.1, -0.05) is 0 Å². The van der Waals surface area contributed by atoms with Crippen LogP contribution in [0.15, 0.2) is 0 Å². The highest BCUT2D eigenvalue weighted by molar-refractivity contribution is 7.53. The van der Waals surface area contributed by atoms with Gasteiger partial charge in [0.05, 0.1) is 72.2 Å². The molecule has 1 saturated heterocycles. The van der Waals surface area contributed by atoms with Gasteiger partial charge in [0.1, 0.15) is 0 Å². The molecule has 0 bridgehead atoms. The lowest BCUT2D eigenvalue weighted by molar-refractivity contribution is 0.00206. The van der Waals surface area contributed by atoms with E-state index in [1.165, 1.54) is 0 Å². The predicted molar refractivity (Wildman–Crippen MR) is 105 cm³/mol. The smallest absolute Gasteiger partial charge is 0.330 e. The summed E-state index contributed by atoms with van der Waals surface area (Å²) >= 11 is 0. The quantitative estimate of drug-likeness (QED) is 0.423. The molecular formula is C18H38NO7P. The fraction of sp³-hybridized carbons (Fsp3) is 1.00. The van der Waals surface area contributed by atoms with Gasteiger partial charge in [-0.15, -0.1) is 0 Å². The Morgan fingerprint density at radius 2 is 1.19 bits per heavy atom. The topological polar surface area (TPSA) is 75.7 Å². The molecule has 0 amide bonds. The van der Waals surface area contributed by atoms with E-state index in [0.717, 1.165) is 32.5 Å². The van der Waals surface area contributed by atoms with E-state index in [9.17, 15) is 4.57 Å². The van der Waals surface area contributed by atoms with Crippen molar-refractivity contribution in [3.8, 4) is 0 Å². The molecule has 0 unspecified atom stereocenters. The Labute approximate surface area is 164 Å². The predicted octanol–water partition coefficient (Wildman–Crippen LogP) is 2.41. The maximum Gasteiger partial charge on any atom is 0.330 e. The van der Waals surface area contributed by atoms with Crippen molar-refractivity contribution < 1.29 is 32.6 Å². The monoisotopic (exact) mass is 411 g/mol. The summed E-state index contributed by atoms with van der Waals surface area (Å²) in [4.78, 5) is 2.31. The molecule has 0 radical (unpaired) electrons. The van der Waals surface area contributed by atoms with E-state index in [0.29, 0.717) is 72.2 Å². The highest BCUT2D eigenvalue weighted by atomic mass is 31.2. The molecule has 0 aliphatic carbocycles. The third kappa shape index (κ3) is 13.7. The van der Waals surface area contributed by atoms with Crippen molar-refractivity contribution in [2.75, 3.05) is 91.9 Å². The molecule has 0 N–H and O–H groups in total. The van der Waals surface area contributed by atoms with Gasteiger partial charge in [-0.05, 0) is 33.2 Å². The van der Waals surface area contributed by atoms with Crippen molar-refractivity contribution >= 4 is 7.60 Å². The number of nitrogens with zero attached hydrogens (tertiary/aromatic N) is 1. The van der Waals surface area contributed by atoms with Crippen LogP contribution in [0.4, 0.5) is 0 Å². The maximum absolute atomic E-state index is 12.5. The summed E-state index contributed by atoms with van der Waals surface area (Å²) in [5.41, 5.74) is 0. The largest absolute Gasteiger partial charge is 0.378 e. The summed E-state index contributed by atoms with van der Waals surface area (Å²) < 4.78 is 45.3. The molecule has 9 heteroatoms. The molecule has 1 aliphatic rings. The first-order valence-corrected chi connectivity index (χ1v) is 11.8. The van der Waals surface area contributed by atoms with Gasteiger partial charge in [-0.2, -0.15) is 0 Å². The third-order valence-corrected chi connectivity index (χ3v) is 6.19. The summed E-state index contributed by atoms with van der Waals surface area (Å²) in [6.07, 6.45) is 2.19. The molecule has 1 rings (SSSR count). The Morgan fingerprint density at radius 1 is 0.741 bits per heavy atom. The molecule has 27 heavy (non-hydrogen) atoms. The van der Waals surface area contributed by atoms with Gasteiger partial charge in [0.15, 0.2) is 0 Å². The zero-order chi connectivity index (χ0) is 19.6. The van der Waals surface area contributed by atoms with Gasteiger partial charge < -0.3 is 28.0 Å². The Kier molecular flexibility index (Phi) is 15.6. The van der Waals surface area contributed by atoms with Crippen LogP contribution >= 0.6 is 7.60 Å². The Hall–Kier alpha value is -0.0500. The third-order valence-electron chi connectivity index (χ3n) is 4.03. The van der Waals surface area contributed by atoms with Crippen molar-refractivity contribution in [1.29, 1.82) is 0 Å². The van der Waals surface area contributed by atoms with Crippen molar-refractivity contribution in [2.45, 2.75) is 26.7 Å². The molecular weight excluding hydrogens is 373 g/mol. The number of rotatable bonds is 9. The lowest BCUT2D eigenvalue weighted by Gasteiger charge is -2.23. The first-order valence-electron chi connectivity index (χ1n) is 10.1. The first kappa shape index (κ1) is 25.0. The van der Waals surface area contributed by atoms with E-state index in [-0.39, 0.29) is 0 Å². The molecule has 0 aromatic carbocycles. The standard InChI is InChI=1S/C18H38NO7P/c1-3-25-27(20,26-4-2)18-6-5-7-19-8-10-21-12-14-23-16-17-24-15-13-22-11-9-19/h3-18H2,1-2H3. The van der Waals surface area contributed by atoms with E-state index < -0.39 is 7.60 Å². The van der Waals surface area contributed by atoms with Crippen LogP contribution in [0.5, 0.6) is 0 Å². The number of hydrogen-bond donors (Lipinski definition) is 0. The Balaban J connectivity index is 2.31. The summed E-state index contributed by atoms with van der Waals surface area (Å²) in [5, 5.41) is 0. The molecule has 162 valence electrons. The number of hydrogen-bond acceptors (Lipinski definition) is 8. The Morgan fingerprint density at radius 3 is 1.63 bits per heavy atom. The number of unbranched alkanes of at least 4 members (excludes halogenated alkanes) is 1. The molecule has 0 aromatic rings. The Bertz CT molecular complexity index is 361. The second-order valence-corrected chi connectivity index (χ2v) is 8.35. The van der Waals surface area contributed by atoms with Gasteiger partial charge in [0, 0.05) is 13.1 Å². The zero-order valence-corrected chi connectivity index (χ0v) is 18.0. The van der Waals surface area contributed by atoms with Gasteiger partial charge in [-0.25, -0.2) is 0 Å². The van der Waals surface area contributed by atoms with E-state index in [1.54, 1.807) is 0 Å². The molecule has 8 nitrogen and oxygen atoms in total. The second kappa shape index (κ2) is 16.9. The summed E-state index contributed by atoms with van der Waals surface area (Å²) in [6, 6.07) is 0. The van der Waals surface area contributed by atoms with Crippen molar-refractivity contribution in [3.63, 3.8) is 0 Å². The lowest BCUT2D eigenvalue weighted by atomic mass is 10.3. The molecule has 0 aromatic heterocycles. The summed E-state index contributed by atoms with van der Waals surface area (Å²) in [6.45, 7) is 11.9. The molecule has 1 fully saturated rings. The van der Waals surface area contributed by atoms with Crippen LogP contribution in [-0.4, -0.2) is 96.8 Å². The highest BCUT2D eigenvalue weighted by Crippen LogP contribution is 2.48. The second-order valence-electron chi connectivity index (χ2n) is 6.17. The van der Waals surface area contributed by atoms with Crippen molar-refractivity contribution in [2.24, 2.45) is 0 Å². The number of ether oxygens (including phenoxy) is 4. The van der Waals surface area contributed by atoms with Gasteiger partial charge in [0.25, 0.3) is 0 Å². The van der Waals surface area contributed by atoms with E-state index in [4.69, 9.17) is 28.0 Å². The first-order chi connectivity index (χ1) is 13.2. The fourth-order valence-corrected chi connectivity index (χ4v) is 4.42. The van der Waals surface area contributed by atoms with Crippen LogP contribution < -0.4 is 0 Å². The van der Waals surface area contributed by atoms with E-state index in [2.05, 4.69) is 4.90 Å². The molecule has 1 heterocycles. The van der Waals surface area contributed by atoms with Crippen molar-refractivity contribution in [1.82, 2.24) is 4.90 Å². The minimum atomic E-state index is -2.94. The SMILES string of the molecule is CCOP(=O)(CCCCN1CCOCCOCCOCCOCC1)OCC. The molecule has 0 spiro atoms. The molecule has 0 saturated carbocycles. The summed E-state index contributed by atoms with van der Waals surface area (Å²) in [7, 11) is -2.94. The van der Waals surface area contributed by atoms with Crippen LogP contribution in [0.1, 0.15) is 26.7 Å². The van der Waals surface area contributed by atoms with Crippen molar-refractivity contribution in [3.05, 3.63) is 0 Å². The minimum Gasteiger partial charge on any atom is -0.378 e. The van der Waals surface area contributed by atoms with Crippen LogP contribution in [0.25, 0.3) is 0 Å². The average Bonchev–Trinajstić information content (AvgIpc) is 2.65. The van der Waals surface area contributed by atoms with Gasteiger partial charge in [0.2, 0.25) is 0 Å². The van der Waals surface area contributed by atoms with Crippen LogP contribution in [0.3, 0.4) is 0 Å². The van der Waals surface area contributed by atoms with Gasteiger partial charge >= 0.3 is 7.60 Å². The van der Waals surface area contributed by atoms with E-state index >= 15 is 0 Å². The summed E-state index contributed by atoms with van der Waals surface area (Å²) in [5.74, 6) is 0. The van der Waals surface area contributed by atoms with Gasteiger partial charge in [-0.3, -0.25) is 9.46 Å². The minimum absolute atomic E-state index is 0.408. The van der Waals surface area contributed by atoms with E-state index in [1.807, 2.05) is 13.8 Å². The maximum atomic E-state index is 12.5. The van der Waals surface area contributed by atoms with Crippen LogP contribution in [-0.2, 0) is 32.6 Å². The van der Waals surface area contributed by atoms with Crippen LogP contribution in [0, 0.1) is 0 Å². The molecule has 0 atom stereocenters.